The molecule has 0 radical (unpaired) electrons. The van der Waals surface area contributed by atoms with Crippen molar-refractivity contribution in [2.45, 2.75) is 32.5 Å². The second kappa shape index (κ2) is 3.45. The Bertz CT molecular complexity index is 343. The van der Waals surface area contributed by atoms with E-state index in [0.29, 0.717) is 0 Å². The highest BCUT2D eigenvalue weighted by molar-refractivity contribution is 5.81. The fourth-order valence-electron chi connectivity index (χ4n) is 2.97. The summed E-state index contributed by atoms with van der Waals surface area (Å²) in [6, 6.07) is 0. The quantitative estimate of drug-likeness (QED) is 0.691. The highest BCUT2D eigenvalue weighted by Gasteiger charge is 2.65. The Morgan fingerprint density at radius 1 is 1.29 bits per heavy atom. The van der Waals surface area contributed by atoms with E-state index in [2.05, 4.69) is 13.8 Å². The lowest BCUT2D eigenvalue weighted by Crippen LogP contribution is -2.41. The maximum atomic E-state index is 12.0. The van der Waals surface area contributed by atoms with Gasteiger partial charge in [0.05, 0.1) is 13.2 Å². The van der Waals surface area contributed by atoms with Crippen molar-refractivity contribution in [1.29, 1.82) is 0 Å². The zero-order chi connectivity index (χ0) is 12.3. The molecule has 1 saturated carbocycles. The maximum absolute atomic E-state index is 12.0. The Balaban J connectivity index is 1.65. The Morgan fingerprint density at radius 3 is 2.47 bits per heavy atom. The largest absolute Gasteiger partial charge is 0.349 e. The number of carbonyl (C=O) groups excluding carboxylic acids is 1. The molecule has 0 aromatic carbocycles. The molecule has 3 aliphatic rings. The van der Waals surface area contributed by atoms with E-state index in [1.165, 1.54) is 0 Å². The lowest BCUT2D eigenvalue weighted by atomic mass is 9.95. The number of nitrogens with zero attached hydrogens (tertiary/aromatic N) is 1. The minimum atomic E-state index is -0.416. The van der Waals surface area contributed by atoms with Crippen LogP contribution in [0, 0.1) is 17.3 Å². The zero-order valence-corrected chi connectivity index (χ0v) is 10.9. The van der Waals surface area contributed by atoms with E-state index in [0.717, 1.165) is 32.6 Å². The van der Waals surface area contributed by atoms with Crippen molar-refractivity contribution in [3.8, 4) is 0 Å². The van der Waals surface area contributed by atoms with Gasteiger partial charge in [-0.15, -0.1) is 0 Å². The minimum Gasteiger partial charge on any atom is -0.349 e. The third-order valence-electron chi connectivity index (χ3n) is 4.28. The molecular weight excluding hydrogens is 218 g/mol. The molecule has 2 heterocycles. The minimum absolute atomic E-state index is 0.106. The van der Waals surface area contributed by atoms with Crippen LogP contribution in [0.5, 0.6) is 0 Å². The van der Waals surface area contributed by atoms with E-state index in [1.807, 2.05) is 11.9 Å². The SMILES string of the molecule is CN1CC[C@@H]([C@H]2CC23OCC(C)(C)CO3)C1=O. The van der Waals surface area contributed by atoms with Gasteiger partial charge in [-0.2, -0.15) is 0 Å². The molecule has 2 aliphatic heterocycles. The van der Waals surface area contributed by atoms with Crippen molar-refractivity contribution in [2.24, 2.45) is 17.3 Å². The third kappa shape index (κ3) is 1.78. The van der Waals surface area contributed by atoms with Gasteiger partial charge in [-0.25, -0.2) is 0 Å². The van der Waals surface area contributed by atoms with Gasteiger partial charge in [0.1, 0.15) is 0 Å². The first-order valence-electron chi connectivity index (χ1n) is 6.46. The number of hydrogen-bond donors (Lipinski definition) is 0. The summed E-state index contributed by atoms with van der Waals surface area (Å²) in [5, 5.41) is 0. The van der Waals surface area contributed by atoms with Crippen LogP contribution >= 0.6 is 0 Å². The lowest BCUT2D eigenvalue weighted by Gasteiger charge is -2.36. The molecule has 1 spiro atoms. The van der Waals surface area contributed by atoms with Gasteiger partial charge in [0.2, 0.25) is 5.91 Å². The maximum Gasteiger partial charge on any atom is 0.225 e. The predicted molar refractivity (Wildman–Crippen MR) is 62.3 cm³/mol. The second-order valence-electron chi connectivity index (χ2n) is 6.52. The molecule has 4 nitrogen and oxygen atoms in total. The average Bonchev–Trinajstić information content (AvgIpc) is 2.88. The van der Waals surface area contributed by atoms with Crippen LogP contribution in [0.3, 0.4) is 0 Å². The summed E-state index contributed by atoms with van der Waals surface area (Å²) in [5.41, 5.74) is 0.106. The Kier molecular flexibility index (Phi) is 2.33. The van der Waals surface area contributed by atoms with Gasteiger partial charge >= 0.3 is 0 Å². The molecule has 4 heteroatoms. The molecule has 17 heavy (non-hydrogen) atoms. The lowest BCUT2D eigenvalue weighted by molar-refractivity contribution is -0.252. The van der Waals surface area contributed by atoms with Gasteiger partial charge in [-0.1, -0.05) is 13.8 Å². The summed E-state index contributed by atoms with van der Waals surface area (Å²) in [6.45, 7) is 6.64. The van der Waals surface area contributed by atoms with Crippen LogP contribution in [-0.2, 0) is 14.3 Å². The summed E-state index contributed by atoms with van der Waals surface area (Å²) in [4.78, 5) is 13.8. The van der Waals surface area contributed by atoms with E-state index in [4.69, 9.17) is 9.47 Å². The fraction of sp³-hybridized carbons (Fsp3) is 0.923. The molecular formula is C13H21NO3. The van der Waals surface area contributed by atoms with Crippen molar-refractivity contribution in [3.05, 3.63) is 0 Å². The van der Waals surface area contributed by atoms with Crippen LogP contribution < -0.4 is 0 Å². The number of hydrogen-bond acceptors (Lipinski definition) is 3. The Hall–Kier alpha value is -0.610. The number of carbonyl (C=O) groups is 1. The summed E-state index contributed by atoms with van der Waals surface area (Å²) < 4.78 is 11.8. The fourth-order valence-corrected chi connectivity index (χ4v) is 2.97. The summed E-state index contributed by atoms with van der Waals surface area (Å²) in [5.74, 6) is 0.266. The van der Waals surface area contributed by atoms with Crippen LogP contribution in [0.25, 0.3) is 0 Å². The summed E-state index contributed by atoms with van der Waals surface area (Å²) >= 11 is 0. The smallest absolute Gasteiger partial charge is 0.225 e. The molecule has 3 rings (SSSR count). The molecule has 3 fully saturated rings. The summed E-state index contributed by atoms with van der Waals surface area (Å²) in [6.07, 6.45) is 1.85. The first kappa shape index (κ1) is 11.5. The van der Waals surface area contributed by atoms with Gasteiger partial charge in [-0.05, 0) is 6.42 Å². The second-order valence-corrected chi connectivity index (χ2v) is 6.52. The number of rotatable bonds is 1. The van der Waals surface area contributed by atoms with Crippen molar-refractivity contribution in [2.75, 3.05) is 26.8 Å². The Morgan fingerprint density at radius 2 is 1.94 bits per heavy atom. The van der Waals surface area contributed by atoms with E-state index < -0.39 is 5.79 Å². The third-order valence-corrected chi connectivity index (χ3v) is 4.28. The van der Waals surface area contributed by atoms with Crippen LogP contribution in [0.1, 0.15) is 26.7 Å². The summed E-state index contributed by atoms with van der Waals surface area (Å²) in [7, 11) is 1.88. The standard InChI is InChI=1S/C13H21NO3/c1-12(2)7-16-13(17-8-12)6-10(13)9-4-5-14(3)11(9)15/h9-10H,4-8H2,1-3H3/t9-,10+/m0/s1. The van der Waals surface area contributed by atoms with Crippen molar-refractivity contribution < 1.29 is 14.3 Å². The average molecular weight is 239 g/mol. The van der Waals surface area contributed by atoms with E-state index in [-0.39, 0.29) is 23.2 Å². The molecule has 0 bridgehead atoms. The van der Waals surface area contributed by atoms with E-state index in [1.54, 1.807) is 0 Å². The van der Waals surface area contributed by atoms with Gasteiger partial charge < -0.3 is 14.4 Å². The first-order valence-corrected chi connectivity index (χ1v) is 6.46. The van der Waals surface area contributed by atoms with E-state index >= 15 is 0 Å². The highest BCUT2D eigenvalue weighted by Crippen LogP contribution is 2.57. The van der Waals surface area contributed by atoms with Crippen LogP contribution in [-0.4, -0.2) is 43.4 Å². The van der Waals surface area contributed by atoms with E-state index in [9.17, 15) is 4.79 Å². The number of amides is 1. The molecule has 0 aromatic heterocycles. The Labute approximate surface area is 102 Å². The number of likely N-dealkylation sites (tertiary alicyclic amines) is 1. The highest BCUT2D eigenvalue weighted by atomic mass is 16.7. The van der Waals surface area contributed by atoms with Gasteiger partial charge in [0.25, 0.3) is 0 Å². The van der Waals surface area contributed by atoms with Crippen LogP contribution in [0.15, 0.2) is 0 Å². The first-order chi connectivity index (χ1) is 7.94. The molecule has 0 aromatic rings. The normalized spacial score (nSPS) is 38.8. The monoisotopic (exact) mass is 239 g/mol. The molecule has 0 unspecified atom stereocenters. The molecule has 2 saturated heterocycles. The van der Waals surface area contributed by atoms with Gasteiger partial charge in [0.15, 0.2) is 5.79 Å². The van der Waals surface area contributed by atoms with Crippen LogP contribution in [0.2, 0.25) is 0 Å². The van der Waals surface area contributed by atoms with Gasteiger partial charge in [0, 0.05) is 37.3 Å². The molecule has 1 aliphatic carbocycles. The van der Waals surface area contributed by atoms with Crippen LogP contribution in [0.4, 0.5) is 0 Å². The van der Waals surface area contributed by atoms with Gasteiger partial charge in [-0.3, -0.25) is 4.79 Å². The van der Waals surface area contributed by atoms with Crippen molar-refractivity contribution in [1.82, 2.24) is 4.90 Å². The number of ether oxygens (including phenoxy) is 2. The zero-order valence-electron chi connectivity index (χ0n) is 10.9. The molecule has 96 valence electrons. The molecule has 0 N–H and O–H groups in total. The van der Waals surface area contributed by atoms with Crippen molar-refractivity contribution in [3.63, 3.8) is 0 Å². The predicted octanol–water partition coefficient (Wildman–Crippen LogP) is 1.25. The topological polar surface area (TPSA) is 38.8 Å². The molecule has 2 atom stereocenters. The van der Waals surface area contributed by atoms with Crippen molar-refractivity contribution >= 4 is 5.91 Å². The molecule has 1 amide bonds.